The highest BCUT2D eigenvalue weighted by Crippen LogP contribution is 2.33. The topological polar surface area (TPSA) is 60.9 Å². The Labute approximate surface area is 191 Å². The third-order valence-electron chi connectivity index (χ3n) is 6.98. The Kier molecular flexibility index (Phi) is 6.52. The van der Waals surface area contributed by atoms with Gasteiger partial charge in [0.15, 0.2) is 0 Å². The first kappa shape index (κ1) is 21.6. The zero-order valence-electron chi connectivity index (χ0n) is 19.4. The summed E-state index contributed by atoms with van der Waals surface area (Å²) < 4.78 is 5.56. The van der Waals surface area contributed by atoms with Crippen molar-refractivity contribution < 1.29 is 4.74 Å². The van der Waals surface area contributed by atoms with Crippen molar-refractivity contribution in [2.75, 3.05) is 76.4 Å². The third kappa shape index (κ3) is 4.72. The number of anilines is 2. The average Bonchev–Trinajstić information content (AvgIpc) is 2.84. The van der Waals surface area contributed by atoms with Crippen LogP contribution in [0.2, 0.25) is 0 Å². The van der Waals surface area contributed by atoms with E-state index in [-0.39, 0.29) is 0 Å². The Morgan fingerprint density at radius 1 is 1.06 bits per heavy atom. The molecule has 32 heavy (non-hydrogen) atoms. The Morgan fingerprint density at radius 2 is 1.88 bits per heavy atom. The van der Waals surface area contributed by atoms with E-state index in [1.54, 1.807) is 0 Å². The van der Waals surface area contributed by atoms with Gasteiger partial charge in [-0.15, -0.1) is 0 Å². The van der Waals surface area contributed by atoms with Crippen LogP contribution in [0.15, 0.2) is 24.4 Å². The van der Waals surface area contributed by atoms with Crippen LogP contribution in [0.3, 0.4) is 0 Å². The molecule has 2 aromatic rings. The number of ether oxygens (including phenoxy) is 1. The lowest BCUT2D eigenvalue weighted by Gasteiger charge is -2.35. The van der Waals surface area contributed by atoms with Crippen molar-refractivity contribution in [1.82, 2.24) is 24.8 Å². The van der Waals surface area contributed by atoms with Crippen LogP contribution in [-0.4, -0.2) is 91.3 Å². The van der Waals surface area contributed by atoms with E-state index in [0.29, 0.717) is 6.04 Å². The SMILES string of the molecule is CN1CCN(c2cc(CN(C)C3CCCc4cccnc43)nc(N3CCOCC3)n2)CC1. The van der Waals surface area contributed by atoms with Crippen LogP contribution < -0.4 is 9.80 Å². The van der Waals surface area contributed by atoms with E-state index in [2.05, 4.69) is 51.9 Å². The van der Waals surface area contributed by atoms with Gasteiger partial charge in [-0.1, -0.05) is 6.07 Å². The molecule has 2 aromatic heterocycles. The summed E-state index contributed by atoms with van der Waals surface area (Å²) in [6.07, 6.45) is 5.42. The van der Waals surface area contributed by atoms with Gasteiger partial charge in [-0.3, -0.25) is 9.88 Å². The van der Waals surface area contributed by atoms with Gasteiger partial charge < -0.3 is 19.4 Å². The second-order valence-electron chi connectivity index (χ2n) is 9.28. The molecule has 172 valence electrons. The Balaban J connectivity index is 1.40. The molecule has 0 bridgehead atoms. The quantitative estimate of drug-likeness (QED) is 0.704. The standard InChI is InChI=1S/C24H35N7O/c1-28-9-11-30(12-10-28)22-17-20(26-24(27-22)31-13-15-32-16-14-31)18-29(2)21-7-3-5-19-6-4-8-25-23(19)21/h4,6,8,17,21H,3,5,7,9-16,18H2,1-2H3. The van der Waals surface area contributed by atoms with Gasteiger partial charge in [-0.25, -0.2) is 4.98 Å². The number of likely N-dealkylation sites (N-methyl/N-ethyl adjacent to an activating group) is 1. The second kappa shape index (κ2) is 9.68. The molecule has 0 N–H and O–H groups in total. The maximum absolute atomic E-state index is 5.56. The molecular weight excluding hydrogens is 402 g/mol. The predicted octanol–water partition coefficient (Wildman–Crippen LogP) is 1.97. The average molecular weight is 438 g/mol. The summed E-state index contributed by atoms with van der Waals surface area (Å²) in [4.78, 5) is 24.2. The van der Waals surface area contributed by atoms with Gasteiger partial charge in [-0.2, -0.15) is 4.98 Å². The molecule has 0 spiro atoms. The molecule has 1 aliphatic carbocycles. The van der Waals surface area contributed by atoms with Crippen molar-refractivity contribution in [3.63, 3.8) is 0 Å². The molecule has 5 rings (SSSR count). The monoisotopic (exact) mass is 437 g/mol. The molecule has 2 aliphatic heterocycles. The number of piperazine rings is 1. The number of pyridine rings is 1. The highest BCUT2D eigenvalue weighted by Gasteiger charge is 2.26. The number of morpholine rings is 1. The first-order chi connectivity index (χ1) is 15.7. The van der Waals surface area contributed by atoms with E-state index in [1.165, 1.54) is 17.7 Å². The van der Waals surface area contributed by atoms with Gasteiger partial charge >= 0.3 is 0 Å². The number of rotatable bonds is 5. The zero-order valence-corrected chi connectivity index (χ0v) is 19.4. The highest BCUT2D eigenvalue weighted by atomic mass is 16.5. The van der Waals surface area contributed by atoms with Gasteiger partial charge in [0.2, 0.25) is 5.95 Å². The van der Waals surface area contributed by atoms with Crippen molar-refractivity contribution in [2.24, 2.45) is 0 Å². The first-order valence-electron chi connectivity index (χ1n) is 12.0. The summed E-state index contributed by atoms with van der Waals surface area (Å²) in [6, 6.07) is 6.83. The zero-order chi connectivity index (χ0) is 21.9. The molecule has 0 saturated carbocycles. The summed E-state index contributed by atoms with van der Waals surface area (Å²) in [5, 5.41) is 0. The lowest BCUT2D eigenvalue weighted by molar-refractivity contribution is 0.122. The number of nitrogens with zero attached hydrogens (tertiary/aromatic N) is 7. The molecular formula is C24H35N7O. The van der Waals surface area contributed by atoms with Crippen molar-refractivity contribution >= 4 is 11.8 Å². The van der Waals surface area contributed by atoms with Gasteiger partial charge in [0, 0.05) is 58.1 Å². The fraction of sp³-hybridized carbons (Fsp3) is 0.625. The van der Waals surface area contributed by atoms with Crippen LogP contribution in [0.4, 0.5) is 11.8 Å². The van der Waals surface area contributed by atoms with Gasteiger partial charge in [0.25, 0.3) is 0 Å². The van der Waals surface area contributed by atoms with E-state index in [9.17, 15) is 0 Å². The summed E-state index contributed by atoms with van der Waals surface area (Å²) >= 11 is 0. The third-order valence-corrected chi connectivity index (χ3v) is 6.98. The van der Waals surface area contributed by atoms with E-state index in [4.69, 9.17) is 19.7 Å². The summed E-state index contributed by atoms with van der Waals surface area (Å²) in [6.45, 7) is 8.11. The van der Waals surface area contributed by atoms with Crippen LogP contribution >= 0.6 is 0 Å². The molecule has 0 radical (unpaired) electrons. The summed E-state index contributed by atoms with van der Waals surface area (Å²) in [7, 11) is 4.40. The normalized spacial score (nSPS) is 22.3. The molecule has 8 heteroatoms. The van der Waals surface area contributed by atoms with Gasteiger partial charge in [0.05, 0.1) is 30.6 Å². The number of hydrogen-bond acceptors (Lipinski definition) is 8. The van der Waals surface area contributed by atoms with Crippen molar-refractivity contribution in [1.29, 1.82) is 0 Å². The van der Waals surface area contributed by atoms with Crippen LogP contribution in [0.1, 0.15) is 35.8 Å². The Bertz CT molecular complexity index is 909. The minimum Gasteiger partial charge on any atom is -0.378 e. The molecule has 0 aromatic carbocycles. The van der Waals surface area contributed by atoms with Gasteiger partial charge in [-0.05, 0) is 45.0 Å². The predicted molar refractivity (Wildman–Crippen MR) is 126 cm³/mol. The van der Waals surface area contributed by atoms with Crippen LogP contribution in [0, 0.1) is 0 Å². The summed E-state index contributed by atoms with van der Waals surface area (Å²) in [5.41, 5.74) is 3.72. The van der Waals surface area contributed by atoms with Crippen LogP contribution in [0.25, 0.3) is 0 Å². The van der Waals surface area contributed by atoms with E-state index < -0.39 is 0 Å². The molecule has 0 amide bonds. The van der Waals surface area contributed by atoms with E-state index in [0.717, 1.165) is 89.3 Å². The van der Waals surface area contributed by atoms with E-state index >= 15 is 0 Å². The number of fused-ring (bicyclic) bond motifs is 1. The van der Waals surface area contributed by atoms with Crippen LogP contribution in [-0.2, 0) is 17.7 Å². The minimum atomic E-state index is 0.342. The maximum Gasteiger partial charge on any atom is 0.227 e. The molecule has 2 fully saturated rings. The summed E-state index contributed by atoms with van der Waals surface area (Å²) in [5.74, 6) is 1.90. The van der Waals surface area contributed by atoms with Crippen molar-refractivity contribution in [3.8, 4) is 0 Å². The number of hydrogen-bond donors (Lipinski definition) is 0. The number of aromatic nitrogens is 3. The van der Waals surface area contributed by atoms with Crippen molar-refractivity contribution in [2.45, 2.75) is 31.8 Å². The smallest absolute Gasteiger partial charge is 0.227 e. The lowest BCUT2D eigenvalue weighted by atomic mass is 9.91. The molecule has 1 atom stereocenters. The molecule has 4 heterocycles. The Morgan fingerprint density at radius 3 is 2.69 bits per heavy atom. The molecule has 8 nitrogen and oxygen atoms in total. The van der Waals surface area contributed by atoms with Crippen molar-refractivity contribution in [3.05, 3.63) is 41.3 Å². The molecule has 1 unspecified atom stereocenters. The molecule has 3 aliphatic rings. The van der Waals surface area contributed by atoms with Crippen LogP contribution in [0.5, 0.6) is 0 Å². The fourth-order valence-corrected chi connectivity index (χ4v) is 5.03. The molecule has 2 saturated heterocycles. The lowest BCUT2D eigenvalue weighted by Crippen LogP contribution is -2.45. The Hall–Kier alpha value is -2.29. The largest absolute Gasteiger partial charge is 0.378 e. The number of aryl methyl sites for hydroxylation is 1. The second-order valence-corrected chi connectivity index (χ2v) is 9.28. The fourth-order valence-electron chi connectivity index (χ4n) is 5.03. The maximum atomic E-state index is 5.56. The first-order valence-corrected chi connectivity index (χ1v) is 12.0. The van der Waals surface area contributed by atoms with E-state index in [1.807, 2.05) is 6.20 Å². The highest BCUT2D eigenvalue weighted by molar-refractivity contribution is 5.47. The minimum absolute atomic E-state index is 0.342. The van der Waals surface area contributed by atoms with Gasteiger partial charge in [0.1, 0.15) is 5.82 Å².